The Morgan fingerprint density at radius 1 is 0.833 bits per heavy atom. The van der Waals surface area contributed by atoms with Gasteiger partial charge in [-0.1, -0.05) is 26.0 Å². The molecule has 0 aromatic heterocycles. The summed E-state index contributed by atoms with van der Waals surface area (Å²) in [7, 11) is 0. The third-order valence-electron chi connectivity index (χ3n) is 3.14. The Kier molecular flexibility index (Phi) is 3.75. The van der Waals surface area contributed by atoms with Crippen LogP contribution in [-0.4, -0.2) is 0 Å². The van der Waals surface area contributed by atoms with Gasteiger partial charge in [0.2, 0.25) is 0 Å². The molecule has 0 atom stereocenters. The molecule has 0 saturated carbocycles. The molecular formula is C16H16F2. The van der Waals surface area contributed by atoms with Crippen LogP contribution in [0.15, 0.2) is 36.4 Å². The van der Waals surface area contributed by atoms with Gasteiger partial charge in [-0.2, -0.15) is 0 Å². The van der Waals surface area contributed by atoms with E-state index in [9.17, 15) is 8.78 Å². The zero-order chi connectivity index (χ0) is 13.1. The van der Waals surface area contributed by atoms with Gasteiger partial charge < -0.3 is 0 Å². The lowest BCUT2D eigenvalue weighted by Gasteiger charge is -2.10. The zero-order valence-electron chi connectivity index (χ0n) is 10.6. The van der Waals surface area contributed by atoms with E-state index in [2.05, 4.69) is 0 Å². The van der Waals surface area contributed by atoms with Crippen LogP contribution >= 0.6 is 0 Å². The molecule has 0 bridgehead atoms. The first kappa shape index (κ1) is 12.7. The van der Waals surface area contributed by atoms with E-state index in [-0.39, 0.29) is 11.6 Å². The second-order valence-electron chi connectivity index (χ2n) is 4.33. The molecule has 2 heteroatoms. The molecule has 0 aliphatic carbocycles. The number of rotatable bonds is 3. The van der Waals surface area contributed by atoms with E-state index in [1.165, 1.54) is 12.1 Å². The van der Waals surface area contributed by atoms with Crippen molar-refractivity contribution in [1.82, 2.24) is 0 Å². The summed E-state index contributed by atoms with van der Waals surface area (Å²) >= 11 is 0. The summed E-state index contributed by atoms with van der Waals surface area (Å²) in [5.74, 6) is -0.395. The van der Waals surface area contributed by atoms with E-state index in [1.54, 1.807) is 6.07 Å². The van der Waals surface area contributed by atoms with Crippen LogP contribution in [-0.2, 0) is 12.8 Å². The van der Waals surface area contributed by atoms with Crippen LogP contribution in [0, 0.1) is 11.6 Å². The Hall–Kier alpha value is -1.70. The molecule has 18 heavy (non-hydrogen) atoms. The Morgan fingerprint density at radius 2 is 1.44 bits per heavy atom. The van der Waals surface area contributed by atoms with Gasteiger partial charge in [-0.15, -0.1) is 0 Å². The van der Waals surface area contributed by atoms with Crippen molar-refractivity contribution in [1.29, 1.82) is 0 Å². The van der Waals surface area contributed by atoms with Gasteiger partial charge in [-0.05, 0) is 59.4 Å². The quantitative estimate of drug-likeness (QED) is 0.732. The second-order valence-corrected chi connectivity index (χ2v) is 4.33. The molecule has 94 valence electrons. The Bertz CT molecular complexity index is 534. The first-order chi connectivity index (χ1) is 8.65. The molecule has 0 radical (unpaired) electrons. The van der Waals surface area contributed by atoms with Crippen LogP contribution in [0.3, 0.4) is 0 Å². The summed E-state index contributed by atoms with van der Waals surface area (Å²) in [5.41, 5.74) is 3.05. The fourth-order valence-corrected chi connectivity index (χ4v) is 2.10. The normalized spacial score (nSPS) is 10.7. The summed E-state index contributed by atoms with van der Waals surface area (Å²) < 4.78 is 27.2. The highest BCUT2D eigenvalue weighted by atomic mass is 19.1. The van der Waals surface area contributed by atoms with Gasteiger partial charge in [-0.25, -0.2) is 8.78 Å². The number of benzene rings is 2. The van der Waals surface area contributed by atoms with Crippen LogP contribution in [0.2, 0.25) is 0 Å². The SMILES string of the molecule is CCc1cc(-c2cccc(F)c2)cc(CC)c1F. The first-order valence-electron chi connectivity index (χ1n) is 6.23. The minimum absolute atomic E-state index is 0.125. The van der Waals surface area contributed by atoms with Crippen molar-refractivity contribution in [3.8, 4) is 11.1 Å². The van der Waals surface area contributed by atoms with E-state index in [1.807, 2.05) is 32.0 Å². The van der Waals surface area contributed by atoms with Gasteiger partial charge in [0.15, 0.2) is 0 Å². The Balaban J connectivity index is 2.58. The maximum Gasteiger partial charge on any atom is 0.129 e. The fourth-order valence-electron chi connectivity index (χ4n) is 2.10. The molecule has 0 unspecified atom stereocenters. The molecule has 2 rings (SSSR count). The van der Waals surface area contributed by atoms with Crippen LogP contribution in [0.1, 0.15) is 25.0 Å². The molecule has 0 aliphatic heterocycles. The molecule has 0 nitrogen and oxygen atoms in total. The van der Waals surface area contributed by atoms with Crippen LogP contribution in [0.5, 0.6) is 0 Å². The Labute approximate surface area is 106 Å². The summed E-state index contributed by atoms with van der Waals surface area (Å²) in [6.07, 6.45) is 1.28. The highest BCUT2D eigenvalue weighted by molar-refractivity contribution is 5.65. The molecule has 0 N–H and O–H groups in total. The average Bonchev–Trinajstić information content (AvgIpc) is 2.39. The van der Waals surface area contributed by atoms with E-state index < -0.39 is 0 Å². The first-order valence-corrected chi connectivity index (χ1v) is 6.23. The number of hydrogen-bond acceptors (Lipinski definition) is 0. The standard InChI is InChI=1S/C16H16F2/c1-3-11-8-14(9-12(4-2)16(11)18)13-6-5-7-15(17)10-13/h5-10H,3-4H2,1-2H3. The predicted molar refractivity (Wildman–Crippen MR) is 70.6 cm³/mol. The van der Waals surface area contributed by atoms with Crippen molar-refractivity contribution in [2.45, 2.75) is 26.7 Å². The Morgan fingerprint density at radius 3 is 1.94 bits per heavy atom. The van der Waals surface area contributed by atoms with Crippen molar-refractivity contribution in [2.24, 2.45) is 0 Å². The fraction of sp³-hybridized carbons (Fsp3) is 0.250. The molecular weight excluding hydrogens is 230 g/mol. The molecule has 0 amide bonds. The molecule has 0 saturated heterocycles. The second kappa shape index (κ2) is 5.30. The highest BCUT2D eigenvalue weighted by Crippen LogP contribution is 2.26. The molecule has 0 spiro atoms. The lowest BCUT2D eigenvalue weighted by atomic mass is 9.97. The maximum atomic E-state index is 14.0. The van der Waals surface area contributed by atoms with Crippen LogP contribution in [0.4, 0.5) is 8.78 Å². The van der Waals surface area contributed by atoms with Gasteiger partial charge in [0.25, 0.3) is 0 Å². The van der Waals surface area contributed by atoms with Gasteiger partial charge in [-0.3, -0.25) is 0 Å². The number of halogens is 2. The van der Waals surface area contributed by atoms with Crippen LogP contribution < -0.4 is 0 Å². The zero-order valence-corrected chi connectivity index (χ0v) is 10.6. The van der Waals surface area contributed by atoms with Gasteiger partial charge in [0.05, 0.1) is 0 Å². The monoisotopic (exact) mass is 246 g/mol. The van der Waals surface area contributed by atoms with E-state index in [0.717, 1.165) is 11.1 Å². The predicted octanol–water partition coefficient (Wildman–Crippen LogP) is 4.76. The lowest BCUT2D eigenvalue weighted by Crippen LogP contribution is -1.96. The van der Waals surface area contributed by atoms with Crippen molar-refractivity contribution in [2.75, 3.05) is 0 Å². The smallest absolute Gasteiger partial charge is 0.129 e. The van der Waals surface area contributed by atoms with E-state index >= 15 is 0 Å². The van der Waals surface area contributed by atoms with Crippen molar-refractivity contribution < 1.29 is 8.78 Å². The topological polar surface area (TPSA) is 0 Å². The number of hydrogen-bond donors (Lipinski definition) is 0. The summed E-state index contributed by atoms with van der Waals surface area (Å²) in [6.45, 7) is 3.85. The van der Waals surface area contributed by atoms with E-state index in [4.69, 9.17) is 0 Å². The van der Waals surface area contributed by atoms with Crippen molar-refractivity contribution in [3.63, 3.8) is 0 Å². The molecule has 2 aromatic carbocycles. The summed E-state index contributed by atoms with van der Waals surface area (Å²) in [5, 5.41) is 0. The van der Waals surface area contributed by atoms with Gasteiger partial charge in [0.1, 0.15) is 11.6 Å². The van der Waals surface area contributed by atoms with Gasteiger partial charge in [0, 0.05) is 0 Å². The largest absolute Gasteiger partial charge is 0.207 e. The highest BCUT2D eigenvalue weighted by Gasteiger charge is 2.09. The third kappa shape index (κ3) is 2.42. The minimum Gasteiger partial charge on any atom is -0.207 e. The van der Waals surface area contributed by atoms with Gasteiger partial charge >= 0.3 is 0 Å². The summed E-state index contributed by atoms with van der Waals surface area (Å²) in [4.78, 5) is 0. The van der Waals surface area contributed by atoms with E-state index in [0.29, 0.717) is 24.0 Å². The van der Waals surface area contributed by atoms with Crippen molar-refractivity contribution >= 4 is 0 Å². The maximum absolute atomic E-state index is 14.0. The molecule has 0 aliphatic rings. The number of aryl methyl sites for hydroxylation is 2. The van der Waals surface area contributed by atoms with Crippen molar-refractivity contribution in [3.05, 3.63) is 59.2 Å². The average molecular weight is 246 g/mol. The minimum atomic E-state index is -0.270. The summed E-state index contributed by atoms with van der Waals surface area (Å²) in [6, 6.07) is 10.0. The molecule has 2 aromatic rings. The third-order valence-corrected chi connectivity index (χ3v) is 3.14. The lowest BCUT2D eigenvalue weighted by molar-refractivity contribution is 0.597. The van der Waals surface area contributed by atoms with Crippen LogP contribution in [0.25, 0.3) is 11.1 Å². The molecule has 0 fully saturated rings. The molecule has 0 heterocycles.